The van der Waals surface area contributed by atoms with E-state index in [1.54, 1.807) is 19.2 Å². The molecule has 0 aliphatic heterocycles. The molecule has 4 nitrogen and oxygen atoms in total. The van der Waals surface area contributed by atoms with Gasteiger partial charge in [0.05, 0.1) is 11.2 Å². The lowest BCUT2D eigenvalue weighted by Gasteiger charge is -2.40. The van der Waals surface area contributed by atoms with E-state index in [2.05, 4.69) is 5.32 Å². The fourth-order valence-electron chi connectivity index (χ4n) is 2.77. The van der Waals surface area contributed by atoms with Crippen molar-refractivity contribution in [2.45, 2.75) is 24.9 Å². The van der Waals surface area contributed by atoms with E-state index in [0.29, 0.717) is 12.1 Å². The van der Waals surface area contributed by atoms with Gasteiger partial charge >= 0.3 is 0 Å². The highest BCUT2D eigenvalue weighted by molar-refractivity contribution is 6.01. The van der Waals surface area contributed by atoms with Crippen LogP contribution in [0.3, 0.4) is 0 Å². The van der Waals surface area contributed by atoms with Crippen LogP contribution < -0.4 is 5.32 Å². The highest BCUT2D eigenvalue weighted by atomic mass is 16.5. The van der Waals surface area contributed by atoms with Gasteiger partial charge in [-0.3, -0.25) is 4.79 Å². The Bertz CT molecular complexity index is 671. The summed E-state index contributed by atoms with van der Waals surface area (Å²) in [5, 5.41) is 14.8. The van der Waals surface area contributed by atoms with Crippen LogP contribution in [0.2, 0.25) is 0 Å². The Morgan fingerprint density at radius 3 is 2.52 bits per heavy atom. The lowest BCUT2D eigenvalue weighted by Crippen LogP contribution is -2.49. The van der Waals surface area contributed by atoms with Gasteiger partial charge in [0.25, 0.3) is 5.91 Å². The molecule has 2 N–H and O–H groups in total. The summed E-state index contributed by atoms with van der Waals surface area (Å²) in [5.41, 5.74) is 0.0848. The second-order valence-electron chi connectivity index (χ2n) is 5.64. The summed E-state index contributed by atoms with van der Waals surface area (Å²) in [6.45, 7) is 0.481. The van der Waals surface area contributed by atoms with Gasteiger partial charge in [0.1, 0.15) is 5.75 Å². The molecule has 2 aromatic rings. The quantitative estimate of drug-likeness (QED) is 0.908. The van der Waals surface area contributed by atoms with Gasteiger partial charge in [-0.05, 0) is 42.2 Å². The molecule has 1 aliphatic rings. The third-order valence-electron chi connectivity index (χ3n) is 4.38. The highest BCUT2D eigenvalue weighted by Crippen LogP contribution is 2.34. The summed E-state index contributed by atoms with van der Waals surface area (Å²) in [5.74, 6) is -0.257. The van der Waals surface area contributed by atoms with E-state index in [4.69, 9.17) is 4.74 Å². The number of hydrogen-bond donors (Lipinski definition) is 2. The second kappa shape index (κ2) is 5.37. The van der Waals surface area contributed by atoms with Crippen LogP contribution in [0.5, 0.6) is 5.75 Å². The smallest absolute Gasteiger partial charge is 0.255 e. The molecule has 1 fully saturated rings. The summed E-state index contributed by atoms with van der Waals surface area (Å²) in [6.07, 6.45) is 3.06. The normalized spacial score (nSPS) is 16.4. The number of hydrogen-bond acceptors (Lipinski definition) is 3. The first-order valence-electron chi connectivity index (χ1n) is 7.19. The Labute approximate surface area is 123 Å². The number of methoxy groups -OCH3 is 1. The molecule has 0 atom stereocenters. The number of phenols is 1. The third-order valence-corrected chi connectivity index (χ3v) is 4.38. The molecule has 21 heavy (non-hydrogen) atoms. The summed E-state index contributed by atoms with van der Waals surface area (Å²) in [6, 6.07) is 11.0. The first-order valence-corrected chi connectivity index (χ1v) is 7.19. The molecule has 0 saturated heterocycles. The topological polar surface area (TPSA) is 58.6 Å². The second-order valence-corrected chi connectivity index (χ2v) is 5.64. The zero-order chi connectivity index (χ0) is 14.9. The van der Waals surface area contributed by atoms with Gasteiger partial charge in [0, 0.05) is 13.7 Å². The molecule has 0 unspecified atom stereocenters. The number of amides is 1. The number of carbonyl (C=O) groups is 1. The van der Waals surface area contributed by atoms with E-state index in [1.165, 1.54) is 0 Å². The number of rotatable bonds is 4. The first-order chi connectivity index (χ1) is 10.1. The van der Waals surface area contributed by atoms with Gasteiger partial charge in [-0.1, -0.05) is 24.3 Å². The summed E-state index contributed by atoms with van der Waals surface area (Å²) in [7, 11) is 1.68. The van der Waals surface area contributed by atoms with Crippen molar-refractivity contribution >= 4 is 16.7 Å². The largest absolute Gasteiger partial charge is 0.507 e. The molecular formula is C17H19NO3. The zero-order valence-corrected chi connectivity index (χ0v) is 12.1. The van der Waals surface area contributed by atoms with Crippen LogP contribution >= 0.6 is 0 Å². The van der Waals surface area contributed by atoms with Crippen LogP contribution in [0.25, 0.3) is 10.8 Å². The number of aromatic hydroxyl groups is 1. The van der Waals surface area contributed by atoms with Crippen LogP contribution in [0, 0.1) is 0 Å². The van der Waals surface area contributed by atoms with Gasteiger partial charge in [-0.15, -0.1) is 0 Å². The summed E-state index contributed by atoms with van der Waals surface area (Å²) in [4.78, 5) is 12.3. The molecule has 110 valence electrons. The maximum absolute atomic E-state index is 12.3. The Balaban J connectivity index is 1.79. The highest BCUT2D eigenvalue weighted by Gasteiger charge is 2.37. The van der Waals surface area contributed by atoms with Crippen LogP contribution in [-0.2, 0) is 4.74 Å². The van der Waals surface area contributed by atoms with Gasteiger partial charge < -0.3 is 15.2 Å². The maximum atomic E-state index is 12.3. The van der Waals surface area contributed by atoms with Crippen LogP contribution in [-0.4, -0.2) is 30.3 Å². The van der Waals surface area contributed by atoms with E-state index >= 15 is 0 Å². The number of carbonyl (C=O) groups excluding carboxylic acids is 1. The average molecular weight is 285 g/mol. The predicted molar refractivity (Wildman–Crippen MR) is 81.5 cm³/mol. The lowest BCUT2D eigenvalue weighted by molar-refractivity contribution is -0.0679. The van der Waals surface area contributed by atoms with E-state index in [9.17, 15) is 9.90 Å². The van der Waals surface area contributed by atoms with Gasteiger partial charge in [0.15, 0.2) is 0 Å². The summed E-state index contributed by atoms with van der Waals surface area (Å²) >= 11 is 0. The van der Waals surface area contributed by atoms with Crippen LogP contribution in [0.1, 0.15) is 29.6 Å². The van der Waals surface area contributed by atoms with Crippen molar-refractivity contribution in [3.05, 3.63) is 42.0 Å². The molecule has 1 amide bonds. The SMILES string of the molecule is COC1(CNC(=O)c2cc3ccccc3cc2O)CCC1. The Morgan fingerprint density at radius 1 is 1.29 bits per heavy atom. The molecule has 0 radical (unpaired) electrons. The fraction of sp³-hybridized carbons (Fsp3) is 0.353. The molecule has 3 rings (SSSR count). The van der Waals surface area contributed by atoms with Crippen molar-refractivity contribution in [1.29, 1.82) is 0 Å². The fourth-order valence-corrected chi connectivity index (χ4v) is 2.77. The van der Waals surface area contributed by atoms with Crippen molar-refractivity contribution in [1.82, 2.24) is 5.32 Å². The minimum atomic E-state index is -0.262. The van der Waals surface area contributed by atoms with E-state index < -0.39 is 0 Å². The van der Waals surface area contributed by atoms with Crippen LogP contribution in [0.15, 0.2) is 36.4 Å². The molecule has 2 aromatic carbocycles. The van der Waals surface area contributed by atoms with Crippen LogP contribution in [0.4, 0.5) is 0 Å². The number of nitrogens with one attached hydrogen (secondary N) is 1. The average Bonchev–Trinajstić information content (AvgIpc) is 2.45. The molecule has 0 aromatic heterocycles. The van der Waals surface area contributed by atoms with Crippen molar-refractivity contribution < 1.29 is 14.6 Å². The Kier molecular flexibility index (Phi) is 3.55. The summed E-state index contributed by atoms with van der Waals surface area (Å²) < 4.78 is 5.48. The monoisotopic (exact) mass is 285 g/mol. The Hall–Kier alpha value is -2.07. The first kappa shape index (κ1) is 13.9. The molecule has 0 bridgehead atoms. The number of phenolic OH excluding ortho intramolecular Hbond substituents is 1. The molecule has 1 saturated carbocycles. The van der Waals surface area contributed by atoms with Crippen molar-refractivity contribution in [3.63, 3.8) is 0 Å². The molecule has 0 heterocycles. The van der Waals surface area contributed by atoms with Crippen molar-refractivity contribution in [2.24, 2.45) is 0 Å². The third kappa shape index (κ3) is 2.59. The zero-order valence-electron chi connectivity index (χ0n) is 12.1. The number of benzene rings is 2. The predicted octanol–water partition coefficient (Wildman–Crippen LogP) is 2.84. The van der Waals surface area contributed by atoms with Gasteiger partial charge in [-0.2, -0.15) is 0 Å². The van der Waals surface area contributed by atoms with Gasteiger partial charge in [0.2, 0.25) is 0 Å². The Morgan fingerprint density at radius 2 is 1.95 bits per heavy atom. The van der Waals surface area contributed by atoms with E-state index in [1.807, 2.05) is 24.3 Å². The number of ether oxygens (including phenoxy) is 1. The van der Waals surface area contributed by atoms with Crippen molar-refractivity contribution in [3.8, 4) is 5.75 Å². The molecule has 4 heteroatoms. The van der Waals surface area contributed by atoms with Gasteiger partial charge in [-0.25, -0.2) is 0 Å². The minimum Gasteiger partial charge on any atom is -0.507 e. The molecule has 0 spiro atoms. The van der Waals surface area contributed by atoms with Crippen molar-refractivity contribution in [2.75, 3.05) is 13.7 Å². The number of fused-ring (bicyclic) bond motifs is 1. The maximum Gasteiger partial charge on any atom is 0.255 e. The molecular weight excluding hydrogens is 266 g/mol. The van der Waals surface area contributed by atoms with E-state index in [-0.39, 0.29) is 17.3 Å². The standard InChI is InChI=1S/C17H19NO3/c1-21-17(7-4-8-17)11-18-16(20)14-9-12-5-2-3-6-13(12)10-15(14)19/h2-3,5-6,9-10,19H,4,7-8,11H2,1H3,(H,18,20). The van der Waals surface area contributed by atoms with E-state index in [0.717, 1.165) is 30.0 Å². The lowest BCUT2D eigenvalue weighted by atomic mass is 9.80. The molecule has 1 aliphatic carbocycles. The minimum absolute atomic E-state index is 0.00581.